The molecule has 0 aliphatic rings. The number of pyridine rings is 1. The number of benzene rings is 6. The van der Waals surface area contributed by atoms with Gasteiger partial charge >= 0.3 is 0 Å². The molecule has 0 unspecified atom stereocenters. The Hall–Kier alpha value is -5.21. The van der Waals surface area contributed by atoms with Crippen molar-refractivity contribution < 1.29 is 0 Å². The van der Waals surface area contributed by atoms with Crippen LogP contribution in [0.2, 0.25) is 0 Å². The third-order valence-corrected chi connectivity index (χ3v) is 8.10. The molecule has 2 aromatic heterocycles. The fourth-order valence-electron chi connectivity index (χ4n) is 6.23. The van der Waals surface area contributed by atoms with Crippen LogP contribution in [0.25, 0.3) is 49.5 Å². The first kappa shape index (κ1) is 22.7. The van der Waals surface area contributed by atoms with Crippen LogP contribution in [0.15, 0.2) is 152 Å². The molecule has 0 radical (unpaired) electrons. The number of nitrogens with zero attached hydrogens (tertiary/aromatic N) is 2. The van der Waals surface area contributed by atoms with Crippen molar-refractivity contribution in [1.82, 2.24) is 9.38 Å². The monoisotopic (exact) mass is 510 g/mol. The van der Waals surface area contributed by atoms with Gasteiger partial charge in [0.05, 0.1) is 16.6 Å². The highest BCUT2D eigenvalue weighted by Gasteiger charge is 2.17. The van der Waals surface area contributed by atoms with Gasteiger partial charge in [-0.2, -0.15) is 0 Å². The number of aromatic nitrogens is 2. The van der Waals surface area contributed by atoms with E-state index < -0.39 is 0 Å². The van der Waals surface area contributed by atoms with Crippen molar-refractivity contribution in [2.24, 2.45) is 0 Å². The number of hydrogen-bond acceptors (Lipinski definition) is 1. The molecule has 0 saturated heterocycles. The predicted molar refractivity (Wildman–Crippen MR) is 167 cm³/mol. The molecule has 0 amide bonds. The van der Waals surface area contributed by atoms with E-state index in [1.165, 1.54) is 49.5 Å². The topological polar surface area (TPSA) is 17.3 Å². The summed E-state index contributed by atoms with van der Waals surface area (Å²) in [5.74, 6) is 0.191. The van der Waals surface area contributed by atoms with Gasteiger partial charge in [-0.3, -0.25) is 4.40 Å². The Morgan fingerprint density at radius 2 is 1.00 bits per heavy atom. The average molecular weight is 511 g/mol. The average Bonchev–Trinajstić information content (AvgIpc) is 3.43. The summed E-state index contributed by atoms with van der Waals surface area (Å²) in [5.41, 5.74) is 10.6. The molecule has 0 bridgehead atoms. The second-order valence-corrected chi connectivity index (χ2v) is 10.4. The maximum atomic E-state index is 5.10. The molecule has 2 heterocycles. The first-order valence-corrected chi connectivity index (χ1v) is 13.8. The second kappa shape index (κ2) is 9.21. The van der Waals surface area contributed by atoms with E-state index in [0.717, 1.165) is 16.7 Å². The third kappa shape index (κ3) is 3.61. The first-order valence-electron chi connectivity index (χ1n) is 13.8. The lowest BCUT2D eigenvalue weighted by Crippen LogP contribution is -2.03. The van der Waals surface area contributed by atoms with Gasteiger partial charge in [-0.15, -0.1) is 0 Å². The van der Waals surface area contributed by atoms with Crippen LogP contribution in [0.3, 0.4) is 0 Å². The van der Waals surface area contributed by atoms with Crippen LogP contribution in [0, 0.1) is 0 Å². The Bertz CT molecular complexity index is 2100. The lowest BCUT2D eigenvalue weighted by molar-refractivity contribution is 0.978. The summed E-state index contributed by atoms with van der Waals surface area (Å²) in [5, 5.41) is 3.64. The van der Waals surface area contributed by atoms with E-state index >= 15 is 0 Å². The molecule has 0 N–H and O–H groups in total. The molecule has 8 aromatic rings. The van der Waals surface area contributed by atoms with Crippen molar-refractivity contribution in [3.05, 3.63) is 168 Å². The molecule has 8 rings (SSSR count). The molecule has 40 heavy (non-hydrogen) atoms. The minimum absolute atomic E-state index is 0.191. The van der Waals surface area contributed by atoms with Crippen LogP contribution < -0.4 is 0 Å². The predicted octanol–water partition coefficient (Wildman–Crippen LogP) is 9.64. The summed E-state index contributed by atoms with van der Waals surface area (Å²) >= 11 is 0. The van der Waals surface area contributed by atoms with Gasteiger partial charge in [0.15, 0.2) is 0 Å². The van der Waals surface area contributed by atoms with Crippen molar-refractivity contribution in [3.63, 3.8) is 0 Å². The van der Waals surface area contributed by atoms with E-state index in [2.05, 4.69) is 156 Å². The molecule has 0 aliphatic heterocycles. The maximum Gasteiger partial charge on any atom is 0.146 e. The lowest BCUT2D eigenvalue weighted by atomic mass is 9.84. The Morgan fingerprint density at radius 3 is 1.73 bits per heavy atom. The van der Waals surface area contributed by atoms with Crippen molar-refractivity contribution in [3.8, 4) is 11.1 Å². The van der Waals surface area contributed by atoms with Gasteiger partial charge in [-0.25, -0.2) is 4.98 Å². The number of hydrogen-bond donors (Lipinski definition) is 0. The third-order valence-electron chi connectivity index (χ3n) is 8.10. The van der Waals surface area contributed by atoms with Crippen LogP contribution in [0.4, 0.5) is 0 Å². The molecule has 188 valence electrons. The fraction of sp³-hybridized carbons (Fsp3) is 0.0263. The van der Waals surface area contributed by atoms with Crippen LogP contribution in [0.5, 0.6) is 0 Å². The molecule has 0 fully saturated rings. The fourth-order valence-corrected chi connectivity index (χ4v) is 6.23. The van der Waals surface area contributed by atoms with E-state index in [9.17, 15) is 0 Å². The molecule has 0 saturated carbocycles. The molecule has 6 aromatic carbocycles. The smallest absolute Gasteiger partial charge is 0.146 e. The van der Waals surface area contributed by atoms with Crippen molar-refractivity contribution in [2.75, 3.05) is 0 Å². The van der Waals surface area contributed by atoms with Crippen molar-refractivity contribution in [2.45, 2.75) is 5.92 Å². The second-order valence-electron chi connectivity index (χ2n) is 10.4. The van der Waals surface area contributed by atoms with E-state index in [0.29, 0.717) is 0 Å². The molecular weight excluding hydrogens is 484 g/mol. The van der Waals surface area contributed by atoms with E-state index in [4.69, 9.17) is 4.98 Å². The summed E-state index contributed by atoms with van der Waals surface area (Å²) in [6.45, 7) is 0. The lowest BCUT2D eigenvalue weighted by Gasteiger charge is -2.19. The van der Waals surface area contributed by atoms with Crippen molar-refractivity contribution in [1.29, 1.82) is 0 Å². The van der Waals surface area contributed by atoms with Crippen LogP contribution in [-0.4, -0.2) is 9.38 Å². The molecular formula is C38H26N2. The first-order chi connectivity index (χ1) is 19.8. The largest absolute Gasteiger partial charge is 0.292 e. The van der Waals surface area contributed by atoms with Crippen molar-refractivity contribution >= 4 is 38.4 Å². The zero-order chi connectivity index (χ0) is 26.5. The Balaban J connectivity index is 1.29. The Labute approximate surface area is 232 Å². The summed E-state index contributed by atoms with van der Waals surface area (Å²) < 4.78 is 2.31. The van der Waals surface area contributed by atoms with Gasteiger partial charge in [0.1, 0.15) is 5.65 Å². The normalized spacial score (nSPS) is 11.7. The number of imidazole rings is 1. The number of fused-ring (bicyclic) bond motifs is 8. The van der Waals surface area contributed by atoms with E-state index in [1.54, 1.807) is 0 Å². The molecule has 0 atom stereocenters. The van der Waals surface area contributed by atoms with Gasteiger partial charge in [0, 0.05) is 16.7 Å². The van der Waals surface area contributed by atoms with Gasteiger partial charge in [0.25, 0.3) is 0 Å². The highest BCUT2D eigenvalue weighted by atomic mass is 15.0. The van der Waals surface area contributed by atoms with Crippen LogP contribution >= 0.6 is 0 Å². The standard InChI is InChI=1S/C38H26N2/c1-3-11-27(12-4-1)37(28-13-5-2-6-14-28)29-21-19-26(20-22-29)30-23-24-31-32-15-7-9-17-35(32)40-36-18-10-8-16-34(36)39-38(40)33(31)25-30/h1-25,37H. The van der Waals surface area contributed by atoms with Gasteiger partial charge < -0.3 is 0 Å². The molecule has 2 nitrogen and oxygen atoms in total. The SMILES string of the molecule is c1ccc(C(c2ccccc2)c2ccc(-c3ccc4c5ccccc5n5c6ccccc6nc5c4c3)cc2)cc1. The maximum absolute atomic E-state index is 5.10. The molecule has 2 heteroatoms. The summed E-state index contributed by atoms with van der Waals surface area (Å²) in [4.78, 5) is 5.10. The summed E-state index contributed by atoms with van der Waals surface area (Å²) in [6, 6.07) is 54.5. The van der Waals surface area contributed by atoms with E-state index in [-0.39, 0.29) is 5.92 Å². The highest BCUT2D eigenvalue weighted by Crippen LogP contribution is 2.36. The number of rotatable bonds is 4. The van der Waals surface area contributed by atoms with Gasteiger partial charge in [0.2, 0.25) is 0 Å². The van der Waals surface area contributed by atoms with Crippen LogP contribution in [0.1, 0.15) is 22.6 Å². The van der Waals surface area contributed by atoms with Gasteiger partial charge in [-0.05, 0) is 57.5 Å². The minimum atomic E-state index is 0.191. The summed E-state index contributed by atoms with van der Waals surface area (Å²) in [7, 11) is 0. The summed E-state index contributed by atoms with van der Waals surface area (Å²) in [6.07, 6.45) is 0. The minimum Gasteiger partial charge on any atom is -0.292 e. The quantitative estimate of drug-likeness (QED) is 0.170. The Morgan fingerprint density at radius 1 is 0.425 bits per heavy atom. The highest BCUT2D eigenvalue weighted by molar-refractivity contribution is 6.14. The molecule has 0 aliphatic carbocycles. The zero-order valence-corrected chi connectivity index (χ0v) is 21.9. The molecule has 0 spiro atoms. The Kier molecular flexibility index (Phi) is 5.24. The van der Waals surface area contributed by atoms with Gasteiger partial charge in [-0.1, -0.05) is 127 Å². The van der Waals surface area contributed by atoms with E-state index in [1.807, 2.05) is 0 Å². The zero-order valence-electron chi connectivity index (χ0n) is 21.9. The van der Waals surface area contributed by atoms with Crippen LogP contribution in [-0.2, 0) is 0 Å². The number of para-hydroxylation sites is 3.